The zero-order chi connectivity index (χ0) is 15.3. The first kappa shape index (κ1) is 16.7. The van der Waals surface area contributed by atoms with Crippen molar-refractivity contribution in [1.29, 1.82) is 0 Å². The van der Waals surface area contributed by atoms with Crippen molar-refractivity contribution in [2.24, 2.45) is 5.73 Å². The number of nitrogens with zero attached hydrogens (tertiary/aromatic N) is 1. The Morgan fingerprint density at radius 2 is 2.30 bits per heavy atom. The van der Waals surface area contributed by atoms with Crippen molar-refractivity contribution < 1.29 is 4.79 Å². The van der Waals surface area contributed by atoms with Gasteiger partial charge in [-0.3, -0.25) is 9.59 Å². The van der Waals surface area contributed by atoms with Crippen LogP contribution in [-0.2, 0) is 4.79 Å². The first-order valence-corrected chi connectivity index (χ1v) is 7.44. The van der Waals surface area contributed by atoms with Crippen LogP contribution >= 0.6 is 11.8 Å². The van der Waals surface area contributed by atoms with E-state index in [2.05, 4.69) is 15.3 Å². The van der Waals surface area contributed by atoms with E-state index in [4.69, 9.17) is 5.73 Å². The number of rotatable bonds is 7. The molecule has 112 valence electrons. The van der Waals surface area contributed by atoms with Crippen LogP contribution in [0.2, 0.25) is 0 Å². The van der Waals surface area contributed by atoms with E-state index in [0.29, 0.717) is 23.8 Å². The molecule has 2 atom stereocenters. The van der Waals surface area contributed by atoms with Crippen LogP contribution in [0.3, 0.4) is 0 Å². The fourth-order valence-electron chi connectivity index (χ4n) is 2.06. The summed E-state index contributed by atoms with van der Waals surface area (Å²) in [6.45, 7) is 8.14. The maximum Gasteiger partial charge on any atom is 0.251 e. The van der Waals surface area contributed by atoms with Crippen LogP contribution in [0.1, 0.15) is 32.9 Å². The van der Waals surface area contributed by atoms with Gasteiger partial charge in [-0.05, 0) is 26.8 Å². The maximum atomic E-state index is 11.6. The highest BCUT2D eigenvalue weighted by Gasteiger charge is 2.32. The number of carbonyl (C=O) groups is 1. The van der Waals surface area contributed by atoms with Crippen LogP contribution in [-0.4, -0.2) is 33.2 Å². The second kappa shape index (κ2) is 6.90. The molecule has 0 radical (unpaired) electrons. The van der Waals surface area contributed by atoms with E-state index in [0.717, 1.165) is 0 Å². The number of primary amides is 1. The fourth-order valence-corrected chi connectivity index (χ4v) is 3.22. The molecular formula is C13H22N4O2S. The molecule has 1 aromatic rings. The number of hydrogen-bond acceptors (Lipinski definition) is 5. The largest absolute Gasteiger partial charge is 0.368 e. The van der Waals surface area contributed by atoms with Crippen molar-refractivity contribution >= 4 is 17.7 Å². The van der Waals surface area contributed by atoms with Gasteiger partial charge in [-0.25, -0.2) is 4.98 Å². The minimum absolute atomic E-state index is 0.0801. The number of carbonyl (C=O) groups excluding carboxylic acids is 1. The predicted molar refractivity (Wildman–Crippen MR) is 80.8 cm³/mol. The molecule has 0 aliphatic carbocycles. The molecule has 6 nitrogen and oxygen atoms in total. The molecule has 7 heteroatoms. The summed E-state index contributed by atoms with van der Waals surface area (Å²) in [6.07, 6.45) is 0.554. The molecule has 20 heavy (non-hydrogen) atoms. The molecule has 1 amide bonds. The Morgan fingerprint density at radius 1 is 1.65 bits per heavy atom. The third-order valence-electron chi connectivity index (χ3n) is 2.97. The topological polar surface area (TPSA) is 101 Å². The highest BCUT2D eigenvalue weighted by Crippen LogP contribution is 2.25. The number of aromatic amines is 1. The van der Waals surface area contributed by atoms with Gasteiger partial charge < -0.3 is 16.0 Å². The number of aryl methyl sites for hydroxylation is 1. The van der Waals surface area contributed by atoms with E-state index >= 15 is 0 Å². The first-order valence-electron chi connectivity index (χ1n) is 6.56. The molecule has 0 bridgehead atoms. The minimum atomic E-state index is -0.759. The Kier molecular flexibility index (Phi) is 5.76. The van der Waals surface area contributed by atoms with E-state index in [9.17, 15) is 9.59 Å². The molecule has 0 aliphatic heterocycles. The summed E-state index contributed by atoms with van der Waals surface area (Å²) in [5.41, 5.74) is 5.21. The van der Waals surface area contributed by atoms with Crippen molar-refractivity contribution in [3.8, 4) is 0 Å². The van der Waals surface area contributed by atoms with Crippen molar-refractivity contribution in [2.75, 3.05) is 6.54 Å². The van der Waals surface area contributed by atoms with Crippen LogP contribution < -0.4 is 16.6 Å². The summed E-state index contributed by atoms with van der Waals surface area (Å²) >= 11 is 1.43. The highest BCUT2D eigenvalue weighted by atomic mass is 32.2. The molecule has 0 aromatic carbocycles. The molecule has 1 heterocycles. The van der Waals surface area contributed by atoms with Crippen LogP contribution in [0, 0.1) is 6.92 Å². The SMILES string of the molecule is CCNC(C)(CC(C)Sc1nc(C)cc(=O)[nH]1)C(N)=O. The van der Waals surface area contributed by atoms with Crippen LogP contribution in [0.4, 0.5) is 0 Å². The van der Waals surface area contributed by atoms with Gasteiger partial charge in [-0.1, -0.05) is 25.6 Å². The number of aromatic nitrogens is 2. The minimum Gasteiger partial charge on any atom is -0.368 e. The zero-order valence-corrected chi connectivity index (χ0v) is 13.1. The Balaban J connectivity index is 2.77. The van der Waals surface area contributed by atoms with Gasteiger partial charge in [0.05, 0.1) is 5.54 Å². The molecule has 1 aromatic heterocycles. The maximum absolute atomic E-state index is 11.6. The summed E-state index contributed by atoms with van der Waals surface area (Å²) < 4.78 is 0. The quantitative estimate of drug-likeness (QED) is 0.510. The number of H-pyrrole nitrogens is 1. The molecule has 4 N–H and O–H groups in total. The van der Waals surface area contributed by atoms with E-state index in [-0.39, 0.29) is 16.7 Å². The van der Waals surface area contributed by atoms with Gasteiger partial charge >= 0.3 is 0 Å². The Labute approximate surface area is 122 Å². The lowest BCUT2D eigenvalue weighted by atomic mass is 9.95. The standard InChI is InChI=1S/C13H22N4O2S/c1-5-15-13(4,11(14)19)7-9(3)20-12-16-8(2)6-10(18)17-12/h6,9,15H,5,7H2,1-4H3,(H2,14,19)(H,16,17,18). The fraction of sp³-hybridized carbons (Fsp3) is 0.615. The van der Waals surface area contributed by atoms with Gasteiger partial charge in [0.25, 0.3) is 5.56 Å². The zero-order valence-electron chi connectivity index (χ0n) is 12.3. The smallest absolute Gasteiger partial charge is 0.251 e. The van der Waals surface area contributed by atoms with Gasteiger partial charge in [0.1, 0.15) is 0 Å². The van der Waals surface area contributed by atoms with Gasteiger partial charge in [0.15, 0.2) is 5.16 Å². The number of likely N-dealkylation sites (N-methyl/N-ethyl adjacent to an activating group) is 1. The van der Waals surface area contributed by atoms with E-state index in [1.165, 1.54) is 17.8 Å². The van der Waals surface area contributed by atoms with E-state index in [1.54, 1.807) is 13.8 Å². The molecule has 0 saturated heterocycles. The average molecular weight is 298 g/mol. The van der Waals surface area contributed by atoms with Crippen molar-refractivity contribution in [3.05, 3.63) is 22.1 Å². The third-order valence-corrected chi connectivity index (χ3v) is 3.95. The molecule has 0 aliphatic rings. The second-order valence-corrected chi connectivity index (χ2v) is 6.48. The summed E-state index contributed by atoms with van der Waals surface area (Å²) in [5.74, 6) is -0.377. The van der Waals surface area contributed by atoms with Gasteiger partial charge in [-0.2, -0.15) is 0 Å². The van der Waals surface area contributed by atoms with Gasteiger partial charge in [-0.15, -0.1) is 0 Å². The number of hydrogen-bond donors (Lipinski definition) is 3. The number of nitrogens with two attached hydrogens (primary N) is 1. The van der Waals surface area contributed by atoms with E-state index in [1.807, 2.05) is 13.8 Å². The Hall–Kier alpha value is -1.34. The summed E-state index contributed by atoms with van der Waals surface area (Å²) in [7, 11) is 0. The second-order valence-electron chi connectivity index (χ2n) is 5.05. The Bertz CT molecular complexity index is 531. The molecule has 2 unspecified atom stereocenters. The first-order chi connectivity index (χ1) is 9.26. The molecule has 0 saturated carbocycles. The van der Waals surface area contributed by atoms with Crippen LogP contribution in [0.25, 0.3) is 0 Å². The van der Waals surface area contributed by atoms with Gasteiger partial charge in [0.2, 0.25) is 5.91 Å². The normalized spacial score (nSPS) is 15.6. The molecule has 0 fully saturated rings. The predicted octanol–water partition coefficient (Wildman–Crippen LogP) is 0.803. The van der Waals surface area contributed by atoms with Crippen LogP contribution in [0.15, 0.2) is 16.0 Å². The lowest BCUT2D eigenvalue weighted by Gasteiger charge is -2.29. The molecular weight excluding hydrogens is 276 g/mol. The number of amides is 1. The lowest BCUT2D eigenvalue weighted by molar-refractivity contribution is -0.124. The Morgan fingerprint density at radius 3 is 2.80 bits per heavy atom. The lowest BCUT2D eigenvalue weighted by Crippen LogP contribution is -2.54. The average Bonchev–Trinajstić information content (AvgIpc) is 2.26. The van der Waals surface area contributed by atoms with Gasteiger partial charge in [0, 0.05) is 17.0 Å². The summed E-state index contributed by atoms with van der Waals surface area (Å²) in [4.78, 5) is 29.9. The van der Waals surface area contributed by atoms with Crippen LogP contribution in [0.5, 0.6) is 0 Å². The third kappa shape index (κ3) is 4.64. The molecule has 0 spiro atoms. The monoisotopic (exact) mass is 298 g/mol. The van der Waals surface area contributed by atoms with Crippen molar-refractivity contribution in [3.63, 3.8) is 0 Å². The summed E-state index contributed by atoms with van der Waals surface area (Å²) in [6, 6.07) is 1.45. The highest BCUT2D eigenvalue weighted by molar-refractivity contribution is 7.99. The molecule has 1 rings (SSSR count). The summed E-state index contributed by atoms with van der Waals surface area (Å²) in [5, 5.41) is 3.76. The van der Waals surface area contributed by atoms with Crippen molar-refractivity contribution in [2.45, 2.75) is 50.1 Å². The number of nitrogens with one attached hydrogen (secondary N) is 2. The van der Waals surface area contributed by atoms with E-state index < -0.39 is 5.54 Å². The number of thioether (sulfide) groups is 1. The van der Waals surface area contributed by atoms with Crippen molar-refractivity contribution in [1.82, 2.24) is 15.3 Å².